The van der Waals surface area contributed by atoms with Crippen LogP contribution in [0.25, 0.3) is 0 Å². The number of anilines is 1. The maximum Gasteiger partial charge on any atom is 0.251 e. The van der Waals surface area contributed by atoms with Crippen LogP contribution in [-0.2, 0) is 4.74 Å². The topological polar surface area (TPSA) is 63.2 Å². The van der Waals surface area contributed by atoms with Crippen LogP contribution in [0.4, 0.5) is 5.82 Å². The lowest BCUT2D eigenvalue weighted by molar-refractivity contribution is 0.0938. The fraction of sp³-hybridized carbons (Fsp3) is 0.625. The minimum Gasteiger partial charge on any atom is -0.385 e. The van der Waals surface area contributed by atoms with E-state index in [2.05, 4.69) is 15.6 Å². The van der Waals surface area contributed by atoms with E-state index in [9.17, 15) is 4.79 Å². The molecule has 1 saturated carbocycles. The fourth-order valence-corrected chi connectivity index (χ4v) is 2.45. The van der Waals surface area contributed by atoms with Crippen LogP contribution in [0, 0.1) is 12.3 Å². The summed E-state index contributed by atoms with van der Waals surface area (Å²) in [6.45, 7) is 6.19. The lowest BCUT2D eigenvalue weighted by Gasteiger charge is -2.16. The van der Waals surface area contributed by atoms with Gasteiger partial charge in [0.05, 0.1) is 0 Å². The van der Waals surface area contributed by atoms with E-state index in [1.807, 2.05) is 19.9 Å². The highest BCUT2D eigenvalue weighted by Crippen LogP contribution is 2.48. The molecule has 116 valence electrons. The zero-order valence-electron chi connectivity index (χ0n) is 13.2. The average Bonchev–Trinajstić information content (AvgIpc) is 3.23. The van der Waals surface area contributed by atoms with Gasteiger partial charge in [0.15, 0.2) is 0 Å². The van der Waals surface area contributed by atoms with Crippen LogP contribution in [0.2, 0.25) is 0 Å². The first-order chi connectivity index (χ1) is 10.1. The molecule has 5 nitrogen and oxygen atoms in total. The van der Waals surface area contributed by atoms with Crippen molar-refractivity contribution in [3.63, 3.8) is 0 Å². The largest absolute Gasteiger partial charge is 0.385 e. The van der Waals surface area contributed by atoms with Crippen molar-refractivity contribution in [2.75, 3.05) is 32.1 Å². The SMILES string of the molecule is CCNc1cc(C(=O)NCC2(CCOC)CC2)cc(C)n1. The molecule has 0 radical (unpaired) electrons. The van der Waals surface area contributed by atoms with Gasteiger partial charge in [-0.15, -0.1) is 0 Å². The molecule has 5 heteroatoms. The Kier molecular flexibility index (Phi) is 5.17. The molecular weight excluding hydrogens is 266 g/mol. The zero-order valence-corrected chi connectivity index (χ0v) is 13.2. The molecule has 1 amide bonds. The minimum absolute atomic E-state index is 0.0247. The summed E-state index contributed by atoms with van der Waals surface area (Å²) in [5.74, 6) is 0.728. The summed E-state index contributed by atoms with van der Waals surface area (Å²) < 4.78 is 5.14. The number of ether oxygens (including phenoxy) is 1. The Labute approximate surface area is 126 Å². The van der Waals surface area contributed by atoms with Crippen LogP contribution in [0.1, 0.15) is 42.2 Å². The van der Waals surface area contributed by atoms with E-state index < -0.39 is 0 Å². The minimum atomic E-state index is -0.0247. The second-order valence-corrected chi connectivity index (χ2v) is 5.84. The Balaban J connectivity index is 1.94. The highest BCUT2D eigenvalue weighted by atomic mass is 16.5. The van der Waals surface area contributed by atoms with Crippen LogP contribution in [0.15, 0.2) is 12.1 Å². The Morgan fingerprint density at radius 2 is 2.19 bits per heavy atom. The van der Waals surface area contributed by atoms with Gasteiger partial charge in [0.1, 0.15) is 5.82 Å². The molecule has 1 aliphatic rings. The van der Waals surface area contributed by atoms with Crippen molar-refractivity contribution in [3.8, 4) is 0 Å². The van der Waals surface area contributed by atoms with Gasteiger partial charge in [-0.05, 0) is 50.7 Å². The van der Waals surface area contributed by atoms with Crippen molar-refractivity contribution in [3.05, 3.63) is 23.4 Å². The summed E-state index contributed by atoms with van der Waals surface area (Å²) >= 11 is 0. The Hall–Kier alpha value is -1.62. The van der Waals surface area contributed by atoms with E-state index in [-0.39, 0.29) is 11.3 Å². The molecule has 0 aliphatic heterocycles. The molecule has 0 saturated heterocycles. The molecule has 0 aromatic carbocycles. The molecule has 0 unspecified atom stereocenters. The maximum absolute atomic E-state index is 12.3. The number of nitrogens with zero attached hydrogens (tertiary/aromatic N) is 1. The van der Waals surface area contributed by atoms with Gasteiger partial charge in [0, 0.05) is 38.1 Å². The number of carbonyl (C=O) groups is 1. The van der Waals surface area contributed by atoms with Crippen LogP contribution in [-0.4, -0.2) is 37.7 Å². The Morgan fingerprint density at radius 3 is 2.81 bits per heavy atom. The molecule has 1 aromatic heterocycles. The second kappa shape index (κ2) is 6.89. The normalized spacial score (nSPS) is 15.6. The monoisotopic (exact) mass is 291 g/mol. The van der Waals surface area contributed by atoms with Crippen LogP contribution in [0.5, 0.6) is 0 Å². The standard InChI is InChI=1S/C16H25N3O2/c1-4-17-14-10-13(9-12(2)19-14)15(20)18-11-16(5-6-16)7-8-21-3/h9-10H,4-8,11H2,1-3H3,(H,17,19)(H,18,20). The fourth-order valence-electron chi connectivity index (χ4n) is 2.45. The van der Waals surface area contributed by atoms with Crippen LogP contribution < -0.4 is 10.6 Å². The molecule has 0 bridgehead atoms. The summed E-state index contributed by atoms with van der Waals surface area (Å²) in [6.07, 6.45) is 3.37. The van der Waals surface area contributed by atoms with Gasteiger partial charge >= 0.3 is 0 Å². The van der Waals surface area contributed by atoms with Gasteiger partial charge in [-0.2, -0.15) is 0 Å². The quantitative estimate of drug-likeness (QED) is 0.772. The first-order valence-electron chi connectivity index (χ1n) is 7.58. The Morgan fingerprint density at radius 1 is 1.43 bits per heavy atom. The molecule has 0 spiro atoms. The number of rotatable bonds is 8. The summed E-state index contributed by atoms with van der Waals surface area (Å²) in [5.41, 5.74) is 1.78. The number of amides is 1. The third-order valence-electron chi connectivity index (χ3n) is 3.99. The smallest absolute Gasteiger partial charge is 0.251 e. The van der Waals surface area contributed by atoms with E-state index in [1.54, 1.807) is 13.2 Å². The van der Waals surface area contributed by atoms with Crippen molar-refractivity contribution < 1.29 is 9.53 Å². The highest BCUT2D eigenvalue weighted by molar-refractivity contribution is 5.95. The Bertz CT molecular complexity index is 498. The molecule has 1 aromatic rings. The van der Waals surface area contributed by atoms with Gasteiger partial charge in [0.2, 0.25) is 0 Å². The van der Waals surface area contributed by atoms with Gasteiger partial charge in [-0.3, -0.25) is 4.79 Å². The third-order valence-corrected chi connectivity index (χ3v) is 3.99. The van der Waals surface area contributed by atoms with Crippen molar-refractivity contribution in [1.82, 2.24) is 10.3 Å². The number of methoxy groups -OCH3 is 1. The first kappa shape index (κ1) is 15.8. The zero-order chi connectivity index (χ0) is 15.3. The predicted molar refractivity (Wildman–Crippen MR) is 83.6 cm³/mol. The number of nitrogens with one attached hydrogen (secondary N) is 2. The van der Waals surface area contributed by atoms with Crippen molar-refractivity contribution in [1.29, 1.82) is 0 Å². The summed E-state index contributed by atoms with van der Waals surface area (Å²) in [6, 6.07) is 3.63. The van der Waals surface area contributed by atoms with Gasteiger partial charge < -0.3 is 15.4 Å². The van der Waals surface area contributed by atoms with Gasteiger partial charge in [0.25, 0.3) is 5.91 Å². The van der Waals surface area contributed by atoms with Crippen molar-refractivity contribution in [2.45, 2.75) is 33.1 Å². The summed E-state index contributed by atoms with van der Waals surface area (Å²) in [5, 5.41) is 6.21. The second-order valence-electron chi connectivity index (χ2n) is 5.84. The molecule has 2 rings (SSSR count). The summed E-state index contributed by atoms with van der Waals surface area (Å²) in [4.78, 5) is 16.7. The van der Waals surface area contributed by atoms with E-state index in [1.165, 1.54) is 12.8 Å². The predicted octanol–water partition coefficient (Wildman–Crippen LogP) is 2.37. The van der Waals surface area contributed by atoms with Crippen LogP contribution in [0.3, 0.4) is 0 Å². The molecule has 2 N–H and O–H groups in total. The molecule has 1 fully saturated rings. The number of pyridine rings is 1. The maximum atomic E-state index is 12.3. The molecule has 1 heterocycles. The lowest BCUT2D eigenvalue weighted by Crippen LogP contribution is -2.31. The molecule has 21 heavy (non-hydrogen) atoms. The number of carbonyl (C=O) groups excluding carboxylic acids is 1. The lowest BCUT2D eigenvalue weighted by atomic mass is 10.0. The molecule has 1 aliphatic carbocycles. The highest BCUT2D eigenvalue weighted by Gasteiger charge is 2.42. The van der Waals surface area contributed by atoms with E-state index in [0.29, 0.717) is 5.56 Å². The van der Waals surface area contributed by atoms with Crippen molar-refractivity contribution in [2.24, 2.45) is 5.41 Å². The third kappa shape index (κ3) is 4.43. The summed E-state index contributed by atoms with van der Waals surface area (Å²) in [7, 11) is 1.72. The van der Waals surface area contributed by atoms with E-state index in [4.69, 9.17) is 4.74 Å². The average molecular weight is 291 g/mol. The number of aromatic nitrogens is 1. The molecular formula is C16H25N3O2. The van der Waals surface area contributed by atoms with E-state index >= 15 is 0 Å². The number of hydrogen-bond donors (Lipinski definition) is 2. The van der Waals surface area contributed by atoms with E-state index in [0.717, 1.165) is 37.6 Å². The van der Waals surface area contributed by atoms with Gasteiger partial charge in [-0.1, -0.05) is 0 Å². The van der Waals surface area contributed by atoms with Crippen LogP contribution >= 0.6 is 0 Å². The van der Waals surface area contributed by atoms with Gasteiger partial charge in [-0.25, -0.2) is 4.98 Å². The number of hydrogen-bond acceptors (Lipinski definition) is 4. The number of aryl methyl sites for hydroxylation is 1. The first-order valence-corrected chi connectivity index (χ1v) is 7.58. The van der Waals surface area contributed by atoms with Crippen molar-refractivity contribution >= 4 is 11.7 Å². The molecule has 0 atom stereocenters.